The van der Waals surface area contributed by atoms with Crippen LogP contribution < -0.4 is 5.32 Å². The number of carbonyl (C=O) groups excluding carboxylic acids is 2. The number of aliphatic hydroxyl groups excluding tert-OH is 2. The monoisotopic (exact) mass is 336 g/mol. The molecular weight excluding hydrogens is 315 g/mol. The first-order valence-electron chi connectivity index (χ1n) is 7.79. The first-order chi connectivity index (χ1) is 11.5. The molecule has 3 N–H and O–H groups in total. The number of amides is 1. The van der Waals surface area contributed by atoms with E-state index in [-0.39, 0.29) is 12.2 Å². The highest BCUT2D eigenvalue weighted by Crippen LogP contribution is 2.37. The second-order valence-corrected chi connectivity index (χ2v) is 5.60. The predicted octanol–water partition coefficient (Wildman–Crippen LogP) is 1.08. The van der Waals surface area contributed by atoms with Crippen molar-refractivity contribution in [2.24, 2.45) is 0 Å². The number of aliphatic hydroxyl groups is 2. The molecule has 1 aliphatic rings. The normalized spacial score (nSPS) is 17.7. The molecule has 24 heavy (non-hydrogen) atoms. The fourth-order valence-corrected chi connectivity index (χ4v) is 2.81. The molecule has 1 aromatic carbocycles. The SMILES string of the molecule is CC(=O)C1=C(O)C(=O)N(CCCNCCO)[C@H]1c1ccc(F)cc1. The van der Waals surface area contributed by atoms with E-state index in [0.717, 1.165) is 0 Å². The van der Waals surface area contributed by atoms with Crippen molar-refractivity contribution < 1.29 is 24.2 Å². The van der Waals surface area contributed by atoms with Crippen LogP contribution in [0.1, 0.15) is 24.9 Å². The van der Waals surface area contributed by atoms with Crippen LogP contribution in [0.2, 0.25) is 0 Å². The third-order valence-corrected chi connectivity index (χ3v) is 3.91. The fourth-order valence-electron chi connectivity index (χ4n) is 2.81. The van der Waals surface area contributed by atoms with Crippen molar-refractivity contribution in [3.8, 4) is 0 Å². The molecule has 0 aromatic heterocycles. The van der Waals surface area contributed by atoms with Crippen molar-refractivity contribution in [3.63, 3.8) is 0 Å². The number of halogens is 1. The minimum Gasteiger partial charge on any atom is -0.503 e. The Morgan fingerprint density at radius 2 is 1.96 bits per heavy atom. The van der Waals surface area contributed by atoms with Crippen molar-refractivity contribution in [2.75, 3.05) is 26.2 Å². The Labute approximate surface area is 139 Å². The van der Waals surface area contributed by atoms with Crippen molar-refractivity contribution in [1.29, 1.82) is 0 Å². The maximum atomic E-state index is 13.2. The van der Waals surface area contributed by atoms with Crippen LogP contribution >= 0.6 is 0 Å². The number of carbonyl (C=O) groups is 2. The zero-order chi connectivity index (χ0) is 17.7. The van der Waals surface area contributed by atoms with E-state index < -0.39 is 29.3 Å². The van der Waals surface area contributed by atoms with Crippen LogP contribution in [0.25, 0.3) is 0 Å². The van der Waals surface area contributed by atoms with Gasteiger partial charge in [-0.3, -0.25) is 9.59 Å². The quantitative estimate of drug-likeness (QED) is 0.618. The van der Waals surface area contributed by atoms with Gasteiger partial charge < -0.3 is 20.4 Å². The van der Waals surface area contributed by atoms with E-state index in [4.69, 9.17) is 5.11 Å². The van der Waals surface area contributed by atoms with Gasteiger partial charge in [-0.05, 0) is 37.6 Å². The second kappa shape index (κ2) is 8.03. The van der Waals surface area contributed by atoms with Gasteiger partial charge in [-0.15, -0.1) is 0 Å². The van der Waals surface area contributed by atoms with Gasteiger partial charge in [-0.2, -0.15) is 0 Å². The van der Waals surface area contributed by atoms with Gasteiger partial charge in [0.1, 0.15) is 5.82 Å². The summed E-state index contributed by atoms with van der Waals surface area (Å²) >= 11 is 0. The van der Waals surface area contributed by atoms with Crippen LogP contribution in [0.4, 0.5) is 4.39 Å². The summed E-state index contributed by atoms with van der Waals surface area (Å²) in [4.78, 5) is 25.6. The van der Waals surface area contributed by atoms with E-state index in [1.807, 2.05) is 0 Å². The van der Waals surface area contributed by atoms with Gasteiger partial charge in [0, 0.05) is 13.1 Å². The summed E-state index contributed by atoms with van der Waals surface area (Å²) in [5.74, 6) is -1.95. The maximum absolute atomic E-state index is 13.2. The van der Waals surface area contributed by atoms with Gasteiger partial charge in [-0.25, -0.2) is 4.39 Å². The van der Waals surface area contributed by atoms with Crippen molar-refractivity contribution in [2.45, 2.75) is 19.4 Å². The van der Waals surface area contributed by atoms with Gasteiger partial charge in [0.15, 0.2) is 11.5 Å². The molecule has 0 fully saturated rings. The molecule has 1 amide bonds. The topological polar surface area (TPSA) is 89.9 Å². The van der Waals surface area contributed by atoms with E-state index in [2.05, 4.69) is 5.32 Å². The highest BCUT2D eigenvalue weighted by atomic mass is 19.1. The molecule has 1 aliphatic heterocycles. The third-order valence-electron chi connectivity index (χ3n) is 3.91. The largest absolute Gasteiger partial charge is 0.503 e. The summed E-state index contributed by atoms with van der Waals surface area (Å²) in [6.45, 7) is 2.67. The van der Waals surface area contributed by atoms with E-state index in [1.54, 1.807) is 0 Å². The number of nitrogens with zero attached hydrogens (tertiary/aromatic N) is 1. The van der Waals surface area contributed by atoms with Crippen LogP contribution in [0, 0.1) is 5.82 Å². The smallest absolute Gasteiger partial charge is 0.290 e. The Morgan fingerprint density at radius 1 is 1.29 bits per heavy atom. The number of hydrogen-bond acceptors (Lipinski definition) is 5. The molecule has 0 saturated carbocycles. The van der Waals surface area contributed by atoms with Crippen LogP contribution in [0.15, 0.2) is 35.6 Å². The van der Waals surface area contributed by atoms with Gasteiger partial charge in [-0.1, -0.05) is 12.1 Å². The molecule has 0 saturated heterocycles. The van der Waals surface area contributed by atoms with Gasteiger partial charge in [0.25, 0.3) is 5.91 Å². The Morgan fingerprint density at radius 3 is 2.54 bits per heavy atom. The number of ketones is 1. The highest BCUT2D eigenvalue weighted by molar-refractivity contribution is 6.08. The maximum Gasteiger partial charge on any atom is 0.290 e. The molecule has 1 heterocycles. The molecule has 0 spiro atoms. The zero-order valence-corrected chi connectivity index (χ0v) is 13.5. The molecule has 1 aromatic rings. The minimum absolute atomic E-state index is 0.0255. The molecule has 6 nitrogen and oxygen atoms in total. The lowest BCUT2D eigenvalue weighted by molar-refractivity contribution is -0.129. The fraction of sp³-hybridized carbons (Fsp3) is 0.412. The van der Waals surface area contributed by atoms with Gasteiger partial charge >= 0.3 is 0 Å². The Kier molecular flexibility index (Phi) is 6.05. The Balaban J connectivity index is 2.23. The van der Waals surface area contributed by atoms with Crippen LogP contribution in [0.5, 0.6) is 0 Å². The molecular formula is C17H21FN2O4. The van der Waals surface area contributed by atoms with E-state index in [9.17, 15) is 19.1 Å². The predicted molar refractivity (Wildman–Crippen MR) is 85.8 cm³/mol. The first-order valence-corrected chi connectivity index (χ1v) is 7.79. The van der Waals surface area contributed by atoms with Crippen molar-refractivity contribution in [3.05, 3.63) is 47.0 Å². The van der Waals surface area contributed by atoms with Crippen LogP contribution in [-0.2, 0) is 9.59 Å². The summed E-state index contributed by atoms with van der Waals surface area (Å²) < 4.78 is 13.2. The third kappa shape index (κ3) is 3.80. The lowest BCUT2D eigenvalue weighted by Gasteiger charge is -2.26. The number of rotatable bonds is 8. The second-order valence-electron chi connectivity index (χ2n) is 5.60. The van der Waals surface area contributed by atoms with Gasteiger partial charge in [0.05, 0.1) is 18.2 Å². The number of nitrogens with one attached hydrogen (secondary N) is 1. The highest BCUT2D eigenvalue weighted by Gasteiger charge is 2.41. The molecule has 2 rings (SSSR count). The summed E-state index contributed by atoms with van der Waals surface area (Å²) in [5, 5.41) is 21.8. The summed E-state index contributed by atoms with van der Waals surface area (Å²) in [7, 11) is 0. The number of hydrogen-bond donors (Lipinski definition) is 3. The average Bonchev–Trinajstić information content (AvgIpc) is 2.80. The number of benzene rings is 1. The molecule has 130 valence electrons. The molecule has 0 aliphatic carbocycles. The molecule has 0 radical (unpaired) electrons. The lowest BCUT2D eigenvalue weighted by atomic mass is 9.96. The molecule has 0 bridgehead atoms. The van der Waals surface area contributed by atoms with E-state index in [1.165, 1.54) is 36.1 Å². The first kappa shape index (κ1) is 18.1. The molecule has 0 unspecified atom stereocenters. The summed E-state index contributed by atoms with van der Waals surface area (Å²) in [5.41, 5.74) is 0.609. The molecule has 7 heteroatoms. The van der Waals surface area contributed by atoms with Gasteiger partial charge in [0.2, 0.25) is 0 Å². The summed E-state index contributed by atoms with van der Waals surface area (Å²) in [6.07, 6.45) is 0.585. The molecule has 1 atom stereocenters. The summed E-state index contributed by atoms with van der Waals surface area (Å²) in [6, 6.07) is 4.81. The minimum atomic E-state index is -0.714. The van der Waals surface area contributed by atoms with E-state index >= 15 is 0 Å². The lowest BCUT2D eigenvalue weighted by Crippen LogP contribution is -2.33. The number of Topliss-reactive ketones (excluding diaryl/α,β-unsaturated/α-hetero) is 1. The average molecular weight is 336 g/mol. The van der Waals surface area contributed by atoms with Crippen molar-refractivity contribution in [1.82, 2.24) is 10.2 Å². The Bertz CT molecular complexity index is 642. The Hall–Kier alpha value is -2.25. The van der Waals surface area contributed by atoms with E-state index in [0.29, 0.717) is 31.6 Å². The zero-order valence-electron chi connectivity index (χ0n) is 13.5. The van der Waals surface area contributed by atoms with Crippen LogP contribution in [0.3, 0.4) is 0 Å². The van der Waals surface area contributed by atoms with Crippen LogP contribution in [-0.4, -0.2) is 53.0 Å². The van der Waals surface area contributed by atoms with Crippen molar-refractivity contribution >= 4 is 11.7 Å². The standard InChI is InChI=1S/C17H21FN2O4/c1-11(22)14-15(12-3-5-13(18)6-4-12)20(17(24)16(14)23)9-2-7-19-8-10-21/h3-6,15,19,21,23H,2,7-10H2,1H3/t15-/m0/s1.